The molecule has 0 amide bonds. The molecule has 4 aromatic rings. The van der Waals surface area contributed by atoms with Crippen LogP contribution in [0.3, 0.4) is 0 Å². The van der Waals surface area contributed by atoms with Gasteiger partial charge in [-0.15, -0.1) is 5.10 Å². The first-order chi connectivity index (χ1) is 19.4. The highest BCUT2D eigenvalue weighted by Gasteiger charge is 2.39. The summed E-state index contributed by atoms with van der Waals surface area (Å²) in [6, 6.07) is 4.97. The summed E-state index contributed by atoms with van der Waals surface area (Å²) in [4.78, 5) is 34.8. The molecule has 0 fully saturated rings. The van der Waals surface area contributed by atoms with Gasteiger partial charge in [0.25, 0.3) is 0 Å². The van der Waals surface area contributed by atoms with Gasteiger partial charge in [0.05, 0.1) is 29.4 Å². The Labute approximate surface area is 243 Å². The molecule has 13 heteroatoms. The predicted octanol–water partition coefficient (Wildman–Crippen LogP) is 5.84. The van der Waals surface area contributed by atoms with Gasteiger partial charge in [0.1, 0.15) is 12.2 Å². The Morgan fingerprint density at radius 1 is 1.02 bits per heavy atom. The molecule has 4 aromatic heterocycles. The molecule has 0 N–H and O–H groups in total. The van der Waals surface area contributed by atoms with E-state index in [-0.39, 0.29) is 29.5 Å². The van der Waals surface area contributed by atoms with Crippen molar-refractivity contribution in [3.63, 3.8) is 0 Å². The third kappa shape index (κ3) is 6.67. The molecule has 0 saturated carbocycles. The molecule has 4 heterocycles. The van der Waals surface area contributed by atoms with Gasteiger partial charge < -0.3 is 8.99 Å². The van der Waals surface area contributed by atoms with Crippen LogP contribution in [0, 0.1) is 0 Å². The van der Waals surface area contributed by atoms with Crippen molar-refractivity contribution in [2.24, 2.45) is 0 Å². The second-order valence-corrected chi connectivity index (χ2v) is 17.4. The zero-order valence-electron chi connectivity index (χ0n) is 24.8. The van der Waals surface area contributed by atoms with E-state index in [1.807, 2.05) is 10.6 Å². The number of carbonyl (C=O) groups excluding carboxylic acids is 2. The highest BCUT2D eigenvalue weighted by molar-refractivity contribution is 6.74. The van der Waals surface area contributed by atoms with Gasteiger partial charge in [0, 0.05) is 36.6 Å². The van der Waals surface area contributed by atoms with Crippen LogP contribution in [0.15, 0.2) is 49.2 Å². The molecule has 42 heavy (non-hydrogen) atoms. The van der Waals surface area contributed by atoms with Crippen LogP contribution in [0.4, 0.5) is 13.2 Å². The van der Waals surface area contributed by atoms with Crippen LogP contribution in [0.1, 0.15) is 61.9 Å². The lowest BCUT2D eigenvalue weighted by Crippen LogP contribution is -2.45. The van der Waals surface area contributed by atoms with Crippen molar-refractivity contribution in [3.05, 3.63) is 71.7 Å². The predicted molar refractivity (Wildman–Crippen MR) is 154 cm³/mol. The van der Waals surface area contributed by atoms with Gasteiger partial charge in [-0.2, -0.15) is 13.2 Å². The molecule has 224 valence electrons. The molecule has 9 nitrogen and oxygen atoms in total. The molecule has 0 radical (unpaired) electrons. The van der Waals surface area contributed by atoms with E-state index in [1.165, 1.54) is 12.3 Å². The van der Waals surface area contributed by atoms with Gasteiger partial charge in [-0.1, -0.05) is 26.0 Å². The first kappa shape index (κ1) is 31.2. The van der Waals surface area contributed by atoms with E-state index in [0.29, 0.717) is 29.3 Å². The third-order valence-corrected chi connectivity index (χ3v) is 12.2. The second kappa shape index (κ2) is 11.2. The SMILES string of the molecule is CC(C)(CO[Si](C)(C)C(C)(C)C)n1cc(C(=O)c2cc(CC(=O)Cn3cc(C(F)(F)F)nn3)ccn2)c2cnccc21. The van der Waals surface area contributed by atoms with Gasteiger partial charge in [-0.3, -0.25) is 19.6 Å². The topological polar surface area (TPSA) is 105 Å². The van der Waals surface area contributed by atoms with Crippen molar-refractivity contribution in [3.8, 4) is 0 Å². The zero-order chi connectivity index (χ0) is 31.1. The molecule has 0 spiro atoms. The molecule has 0 aromatic carbocycles. The maximum Gasteiger partial charge on any atom is 0.436 e. The fourth-order valence-corrected chi connectivity index (χ4v) is 5.36. The number of ketones is 2. The summed E-state index contributed by atoms with van der Waals surface area (Å²) in [5, 5.41) is 7.16. The molecule has 0 unspecified atom stereocenters. The number of nitrogens with zero attached hydrogens (tertiary/aromatic N) is 6. The first-order valence-corrected chi connectivity index (χ1v) is 16.4. The molecule has 0 aliphatic rings. The zero-order valence-corrected chi connectivity index (χ0v) is 25.8. The average molecular weight is 601 g/mol. The standard InChI is InChI=1S/C29H35F3N6O3Si/c1-27(2,3)42(6,7)41-18-28(4,5)38-16-22(21-14-33-10-9-24(21)38)26(40)23-13-19(8-11-34-23)12-20(39)15-37-17-25(35-36-37)29(30,31)32/h8-11,13-14,16-17H,12,15,18H2,1-7H3. The summed E-state index contributed by atoms with van der Waals surface area (Å²) in [5.41, 5.74) is 0.225. The number of hydrogen-bond donors (Lipinski definition) is 0. The van der Waals surface area contributed by atoms with E-state index in [4.69, 9.17) is 4.43 Å². The fourth-order valence-electron chi connectivity index (χ4n) is 4.21. The smallest absolute Gasteiger partial charge is 0.414 e. The van der Waals surface area contributed by atoms with Crippen LogP contribution in [-0.4, -0.2) is 56.0 Å². The Morgan fingerprint density at radius 3 is 2.38 bits per heavy atom. The van der Waals surface area contributed by atoms with Crippen LogP contribution >= 0.6 is 0 Å². The van der Waals surface area contributed by atoms with Gasteiger partial charge in [-0.25, -0.2) is 4.68 Å². The molecule has 0 bridgehead atoms. The maximum atomic E-state index is 13.7. The number of fused-ring (bicyclic) bond motifs is 1. The first-order valence-electron chi connectivity index (χ1n) is 13.5. The molecule has 0 atom stereocenters. The van der Waals surface area contributed by atoms with Crippen LogP contribution in [-0.2, 0) is 33.9 Å². The molecular weight excluding hydrogens is 565 g/mol. The second-order valence-electron chi connectivity index (χ2n) is 12.6. The lowest BCUT2D eigenvalue weighted by molar-refractivity contribution is -0.141. The van der Waals surface area contributed by atoms with Crippen molar-refractivity contribution >= 4 is 30.8 Å². The van der Waals surface area contributed by atoms with Crippen LogP contribution in [0.25, 0.3) is 10.9 Å². The molecule has 4 rings (SSSR count). The molecule has 0 aliphatic carbocycles. The largest absolute Gasteiger partial charge is 0.436 e. The normalized spacial score (nSPS) is 13.1. The summed E-state index contributed by atoms with van der Waals surface area (Å²) < 4.78 is 47.8. The van der Waals surface area contributed by atoms with Crippen molar-refractivity contribution in [1.29, 1.82) is 0 Å². The lowest BCUT2D eigenvalue weighted by Gasteiger charge is -2.39. The van der Waals surface area contributed by atoms with Crippen molar-refractivity contribution in [1.82, 2.24) is 29.5 Å². The Balaban J connectivity index is 1.56. The fraction of sp³-hybridized carbons (Fsp3) is 0.448. The molecule has 0 aliphatic heterocycles. The number of rotatable bonds is 10. The Morgan fingerprint density at radius 2 is 1.74 bits per heavy atom. The summed E-state index contributed by atoms with van der Waals surface area (Å²) in [5.74, 6) is -0.740. The minimum atomic E-state index is -4.65. The Kier molecular flexibility index (Phi) is 8.31. The Bertz CT molecular complexity index is 1620. The van der Waals surface area contributed by atoms with Crippen molar-refractivity contribution in [2.75, 3.05) is 6.61 Å². The summed E-state index contributed by atoms with van der Waals surface area (Å²) >= 11 is 0. The number of aromatic nitrogens is 6. The van der Waals surface area contributed by atoms with E-state index in [2.05, 4.69) is 68.0 Å². The van der Waals surface area contributed by atoms with Gasteiger partial charge in [-0.05, 0) is 55.7 Å². The summed E-state index contributed by atoms with van der Waals surface area (Å²) in [6.45, 7) is 15.1. The van der Waals surface area contributed by atoms with Crippen LogP contribution in [0.2, 0.25) is 18.1 Å². The number of alkyl halides is 3. The van der Waals surface area contributed by atoms with E-state index in [9.17, 15) is 22.8 Å². The number of hydrogen-bond acceptors (Lipinski definition) is 7. The minimum Gasteiger partial charge on any atom is -0.414 e. The van der Waals surface area contributed by atoms with Gasteiger partial charge >= 0.3 is 6.18 Å². The van der Waals surface area contributed by atoms with Crippen LogP contribution < -0.4 is 0 Å². The van der Waals surface area contributed by atoms with Gasteiger partial charge in [0.15, 0.2) is 19.8 Å². The molecular formula is C29H35F3N6O3Si. The highest BCUT2D eigenvalue weighted by Crippen LogP contribution is 2.38. The van der Waals surface area contributed by atoms with E-state index < -0.39 is 31.5 Å². The number of pyridine rings is 2. The van der Waals surface area contributed by atoms with Gasteiger partial charge in [0.2, 0.25) is 5.78 Å². The third-order valence-electron chi connectivity index (χ3n) is 7.72. The number of Topliss-reactive ketones (excluding diaryl/α,β-unsaturated/α-hetero) is 1. The van der Waals surface area contributed by atoms with Crippen molar-refractivity contribution in [2.45, 2.75) is 77.4 Å². The molecule has 0 saturated heterocycles. The van der Waals surface area contributed by atoms with Crippen molar-refractivity contribution < 1.29 is 27.2 Å². The quantitative estimate of drug-likeness (QED) is 0.166. The summed E-state index contributed by atoms with van der Waals surface area (Å²) in [6.07, 6.45) is 2.47. The van der Waals surface area contributed by atoms with E-state index in [1.54, 1.807) is 24.7 Å². The van der Waals surface area contributed by atoms with E-state index in [0.717, 1.165) is 10.2 Å². The number of carbonyl (C=O) groups is 2. The minimum absolute atomic E-state index is 0.0479. The maximum absolute atomic E-state index is 13.7. The monoisotopic (exact) mass is 600 g/mol. The average Bonchev–Trinajstić information content (AvgIpc) is 3.52. The Hall–Kier alpha value is -3.71. The lowest BCUT2D eigenvalue weighted by atomic mass is 10.0. The highest BCUT2D eigenvalue weighted by atomic mass is 28.4. The van der Waals surface area contributed by atoms with E-state index >= 15 is 0 Å². The number of halogens is 3. The summed E-state index contributed by atoms with van der Waals surface area (Å²) in [7, 11) is -2.02. The van der Waals surface area contributed by atoms with Crippen LogP contribution in [0.5, 0.6) is 0 Å².